The fourth-order valence-electron chi connectivity index (χ4n) is 2.37. The quantitative estimate of drug-likeness (QED) is 0.574. The van der Waals surface area contributed by atoms with Crippen LogP contribution in [0.3, 0.4) is 0 Å². The second kappa shape index (κ2) is 5.42. The molecular weight excluding hydrogens is 280 g/mol. The minimum Gasteiger partial charge on any atom is -0.308 e. The van der Waals surface area contributed by atoms with Crippen LogP contribution >= 0.6 is 11.3 Å². The number of hydrogen-bond donors (Lipinski definition) is 2. The molecule has 0 radical (unpaired) electrons. The largest absolute Gasteiger partial charge is 0.308 e. The number of nitrogens with one attached hydrogen (secondary N) is 1. The summed E-state index contributed by atoms with van der Waals surface area (Å²) < 4.78 is 0. The Kier molecular flexibility index (Phi) is 3.61. The van der Waals surface area contributed by atoms with Crippen molar-refractivity contribution in [2.24, 2.45) is 5.84 Å². The summed E-state index contributed by atoms with van der Waals surface area (Å²) in [7, 11) is 0. The third-order valence-electron chi connectivity index (χ3n) is 3.69. The van der Waals surface area contributed by atoms with E-state index in [4.69, 9.17) is 10.8 Å². The van der Waals surface area contributed by atoms with Gasteiger partial charge in [0, 0.05) is 11.3 Å². The fourth-order valence-corrected chi connectivity index (χ4v) is 3.41. The number of aryl methyl sites for hydroxylation is 3. The van der Waals surface area contributed by atoms with Gasteiger partial charge >= 0.3 is 0 Å². The van der Waals surface area contributed by atoms with Gasteiger partial charge in [-0.25, -0.2) is 15.8 Å². The van der Waals surface area contributed by atoms with E-state index in [1.165, 1.54) is 21.6 Å². The van der Waals surface area contributed by atoms with E-state index >= 15 is 0 Å². The Morgan fingerprint density at radius 2 is 1.81 bits per heavy atom. The molecule has 0 bridgehead atoms. The van der Waals surface area contributed by atoms with Crippen LogP contribution in [0.1, 0.15) is 27.4 Å². The smallest absolute Gasteiger partial charge is 0.152 e. The summed E-state index contributed by atoms with van der Waals surface area (Å²) >= 11 is 1.69. The molecule has 21 heavy (non-hydrogen) atoms. The van der Waals surface area contributed by atoms with Crippen molar-refractivity contribution in [1.82, 2.24) is 9.97 Å². The van der Waals surface area contributed by atoms with Crippen molar-refractivity contribution < 1.29 is 0 Å². The zero-order valence-corrected chi connectivity index (χ0v) is 13.2. The van der Waals surface area contributed by atoms with Gasteiger partial charge in [0.05, 0.1) is 5.39 Å². The van der Waals surface area contributed by atoms with Gasteiger partial charge in [0.25, 0.3) is 0 Å². The maximum Gasteiger partial charge on any atom is 0.152 e. The van der Waals surface area contributed by atoms with E-state index in [-0.39, 0.29) is 0 Å². The molecule has 1 aromatic carbocycles. The van der Waals surface area contributed by atoms with Crippen molar-refractivity contribution in [1.29, 1.82) is 0 Å². The van der Waals surface area contributed by atoms with Crippen LogP contribution in [0.5, 0.6) is 0 Å². The molecule has 3 N–H and O–H groups in total. The molecule has 0 saturated heterocycles. The molecule has 3 rings (SSSR count). The number of hydrogen-bond acceptors (Lipinski definition) is 5. The molecule has 108 valence electrons. The van der Waals surface area contributed by atoms with Gasteiger partial charge in [-0.1, -0.05) is 29.8 Å². The highest BCUT2D eigenvalue weighted by Gasteiger charge is 2.14. The number of benzene rings is 1. The summed E-state index contributed by atoms with van der Waals surface area (Å²) in [6, 6.07) is 8.44. The van der Waals surface area contributed by atoms with E-state index in [0.717, 1.165) is 16.0 Å². The Labute approximate surface area is 128 Å². The van der Waals surface area contributed by atoms with Crippen LogP contribution in [0.25, 0.3) is 10.2 Å². The highest BCUT2D eigenvalue weighted by molar-refractivity contribution is 7.18. The normalized spacial score (nSPS) is 11.0. The maximum atomic E-state index is 5.64. The molecule has 0 atom stereocenters. The first-order chi connectivity index (χ1) is 10.1. The van der Waals surface area contributed by atoms with Gasteiger partial charge in [-0.3, -0.25) is 0 Å². The van der Waals surface area contributed by atoms with Crippen LogP contribution in [0, 0.1) is 20.8 Å². The van der Waals surface area contributed by atoms with E-state index < -0.39 is 0 Å². The molecule has 3 aromatic rings. The molecule has 0 amide bonds. The summed E-state index contributed by atoms with van der Waals surface area (Å²) in [6.45, 7) is 6.26. The standard InChI is InChI=1S/C16H18N4S/c1-9-4-6-12(7-5-9)8-13-18-15(20-17)14-10(2)11(3)21-16(14)19-13/h4-7H,8,17H2,1-3H3,(H,18,19,20). The monoisotopic (exact) mass is 298 g/mol. The van der Waals surface area contributed by atoms with E-state index in [1.807, 2.05) is 0 Å². The molecule has 0 aliphatic rings. The Morgan fingerprint density at radius 3 is 2.48 bits per heavy atom. The number of nitrogen functional groups attached to an aromatic ring is 1. The van der Waals surface area contributed by atoms with Crippen molar-refractivity contribution in [3.8, 4) is 0 Å². The Balaban J connectivity index is 2.05. The predicted molar refractivity (Wildman–Crippen MR) is 88.7 cm³/mol. The molecule has 0 fully saturated rings. The third-order valence-corrected chi connectivity index (χ3v) is 4.80. The summed E-state index contributed by atoms with van der Waals surface area (Å²) in [6.07, 6.45) is 0.709. The van der Waals surface area contributed by atoms with E-state index in [2.05, 4.69) is 55.4 Å². The zero-order chi connectivity index (χ0) is 15.0. The van der Waals surface area contributed by atoms with Crippen molar-refractivity contribution >= 4 is 27.4 Å². The number of thiophene rings is 1. The molecular formula is C16H18N4S. The highest BCUT2D eigenvalue weighted by Crippen LogP contribution is 2.33. The Hall–Kier alpha value is -1.98. The predicted octanol–water partition coefficient (Wildman–Crippen LogP) is 3.49. The first-order valence-corrected chi connectivity index (χ1v) is 7.69. The van der Waals surface area contributed by atoms with Gasteiger partial charge in [0.1, 0.15) is 10.7 Å². The average molecular weight is 298 g/mol. The molecule has 0 unspecified atom stereocenters. The van der Waals surface area contributed by atoms with Gasteiger partial charge in [0.2, 0.25) is 0 Å². The van der Waals surface area contributed by atoms with E-state index in [1.54, 1.807) is 11.3 Å². The summed E-state index contributed by atoms with van der Waals surface area (Å²) in [5, 5.41) is 1.03. The molecule has 0 spiro atoms. The molecule has 4 nitrogen and oxygen atoms in total. The lowest BCUT2D eigenvalue weighted by Crippen LogP contribution is -2.11. The number of aromatic nitrogens is 2. The van der Waals surface area contributed by atoms with Gasteiger partial charge in [-0.15, -0.1) is 11.3 Å². The zero-order valence-electron chi connectivity index (χ0n) is 12.4. The second-order valence-electron chi connectivity index (χ2n) is 5.26. The highest BCUT2D eigenvalue weighted by atomic mass is 32.1. The molecule has 2 aromatic heterocycles. The summed E-state index contributed by atoms with van der Waals surface area (Å²) in [5.41, 5.74) is 6.37. The fraction of sp³-hybridized carbons (Fsp3) is 0.250. The Bertz CT molecular complexity index is 790. The number of rotatable bonds is 3. The minimum absolute atomic E-state index is 0.709. The van der Waals surface area contributed by atoms with E-state index in [9.17, 15) is 0 Å². The second-order valence-corrected chi connectivity index (χ2v) is 6.46. The molecule has 0 aliphatic heterocycles. The Morgan fingerprint density at radius 1 is 1.10 bits per heavy atom. The van der Waals surface area contributed by atoms with Crippen LogP contribution in [0.15, 0.2) is 24.3 Å². The van der Waals surface area contributed by atoms with Gasteiger partial charge in [-0.2, -0.15) is 0 Å². The number of nitrogens with two attached hydrogens (primary N) is 1. The molecule has 0 aliphatic carbocycles. The van der Waals surface area contributed by atoms with Crippen LogP contribution in [0.2, 0.25) is 0 Å². The lowest BCUT2D eigenvalue weighted by Gasteiger charge is -2.06. The van der Waals surface area contributed by atoms with Crippen molar-refractivity contribution in [2.45, 2.75) is 27.2 Å². The van der Waals surface area contributed by atoms with Crippen LogP contribution in [-0.4, -0.2) is 9.97 Å². The lowest BCUT2D eigenvalue weighted by atomic mass is 10.1. The van der Waals surface area contributed by atoms with Crippen LogP contribution in [-0.2, 0) is 6.42 Å². The number of hydrazine groups is 1. The molecule has 2 heterocycles. The van der Waals surface area contributed by atoms with Crippen LogP contribution in [0.4, 0.5) is 5.82 Å². The number of anilines is 1. The SMILES string of the molecule is Cc1ccc(Cc2nc(NN)c3c(C)c(C)sc3n2)cc1. The molecule has 0 saturated carbocycles. The van der Waals surface area contributed by atoms with Crippen molar-refractivity contribution in [2.75, 3.05) is 5.43 Å². The number of nitrogens with zero attached hydrogens (tertiary/aromatic N) is 2. The minimum atomic E-state index is 0.709. The van der Waals surface area contributed by atoms with Gasteiger partial charge in [0.15, 0.2) is 5.82 Å². The average Bonchev–Trinajstić information content (AvgIpc) is 2.76. The summed E-state index contributed by atoms with van der Waals surface area (Å²) in [4.78, 5) is 11.5. The van der Waals surface area contributed by atoms with Crippen molar-refractivity contribution in [3.05, 3.63) is 51.7 Å². The van der Waals surface area contributed by atoms with Crippen LogP contribution < -0.4 is 11.3 Å². The van der Waals surface area contributed by atoms with Gasteiger partial charge < -0.3 is 5.43 Å². The van der Waals surface area contributed by atoms with E-state index in [0.29, 0.717) is 12.2 Å². The lowest BCUT2D eigenvalue weighted by molar-refractivity contribution is 0.992. The first kappa shape index (κ1) is 14.0. The molecule has 5 heteroatoms. The number of fused-ring (bicyclic) bond motifs is 1. The maximum absolute atomic E-state index is 5.64. The third kappa shape index (κ3) is 2.62. The summed E-state index contributed by atoms with van der Waals surface area (Å²) in [5.74, 6) is 7.14. The first-order valence-electron chi connectivity index (χ1n) is 6.87. The van der Waals surface area contributed by atoms with Gasteiger partial charge in [-0.05, 0) is 31.9 Å². The van der Waals surface area contributed by atoms with Crippen molar-refractivity contribution in [3.63, 3.8) is 0 Å². The topological polar surface area (TPSA) is 63.8 Å².